The third-order valence-electron chi connectivity index (χ3n) is 9.05. The molecule has 0 aliphatic heterocycles. The molecule has 0 fully saturated rings. The van der Waals surface area contributed by atoms with E-state index in [2.05, 4.69) is 181 Å². The maximum Gasteiger partial charge on any atom is 0.143 e. The van der Waals surface area contributed by atoms with Gasteiger partial charge in [0.1, 0.15) is 11.2 Å². The first-order valence-corrected chi connectivity index (χ1v) is 15.7. The summed E-state index contributed by atoms with van der Waals surface area (Å²) in [4.78, 5) is 2.34. The molecular weight excluding hydrogens is 558 g/mol. The Morgan fingerprint density at radius 3 is 1.76 bits per heavy atom. The van der Waals surface area contributed by atoms with E-state index in [1.807, 2.05) is 0 Å². The van der Waals surface area contributed by atoms with E-state index >= 15 is 0 Å². The van der Waals surface area contributed by atoms with Gasteiger partial charge in [0, 0.05) is 33.2 Å². The Hall–Kier alpha value is -6.12. The molecule has 0 spiro atoms. The number of hydrogen-bond donors (Lipinski definition) is 0. The molecule has 0 amide bonds. The Bertz CT molecular complexity index is 2510. The van der Waals surface area contributed by atoms with Crippen LogP contribution in [0, 0.1) is 0 Å². The normalized spacial score (nSPS) is 11.5. The summed E-state index contributed by atoms with van der Waals surface area (Å²) in [6, 6.07) is 62.7. The molecule has 0 bridgehead atoms. The van der Waals surface area contributed by atoms with E-state index in [1.165, 1.54) is 32.8 Å². The molecule has 0 saturated heterocycles. The average Bonchev–Trinajstić information content (AvgIpc) is 3.52. The molecule has 0 saturated carbocycles. The molecule has 2 heteroatoms. The molecule has 0 aliphatic rings. The van der Waals surface area contributed by atoms with Gasteiger partial charge >= 0.3 is 0 Å². The molecule has 0 aliphatic carbocycles. The lowest BCUT2D eigenvalue weighted by Gasteiger charge is -2.26. The van der Waals surface area contributed by atoms with E-state index in [0.29, 0.717) is 0 Å². The van der Waals surface area contributed by atoms with Crippen LogP contribution in [0.2, 0.25) is 0 Å². The van der Waals surface area contributed by atoms with Crippen molar-refractivity contribution < 1.29 is 4.42 Å². The third-order valence-corrected chi connectivity index (χ3v) is 9.05. The number of fused-ring (bicyclic) bond motifs is 6. The number of rotatable bonds is 5. The molecule has 9 rings (SSSR count). The molecule has 46 heavy (non-hydrogen) atoms. The van der Waals surface area contributed by atoms with Gasteiger partial charge in [-0.15, -0.1) is 0 Å². The molecule has 216 valence electrons. The molecular formula is C44H29NO. The van der Waals surface area contributed by atoms with Crippen molar-refractivity contribution in [3.8, 4) is 22.3 Å². The predicted octanol–water partition coefficient (Wildman–Crippen LogP) is 12.7. The van der Waals surface area contributed by atoms with Gasteiger partial charge in [0.25, 0.3) is 0 Å². The number of furan rings is 1. The first-order chi connectivity index (χ1) is 22.8. The van der Waals surface area contributed by atoms with Gasteiger partial charge in [-0.3, -0.25) is 0 Å². The van der Waals surface area contributed by atoms with Gasteiger partial charge in [-0.2, -0.15) is 0 Å². The van der Waals surface area contributed by atoms with Crippen molar-refractivity contribution in [2.75, 3.05) is 4.90 Å². The van der Waals surface area contributed by atoms with Crippen molar-refractivity contribution in [2.24, 2.45) is 0 Å². The second-order valence-corrected chi connectivity index (χ2v) is 11.8. The van der Waals surface area contributed by atoms with Gasteiger partial charge in [-0.05, 0) is 86.9 Å². The van der Waals surface area contributed by atoms with Crippen molar-refractivity contribution in [1.82, 2.24) is 0 Å². The fourth-order valence-corrected chi connectivity index (χ4v) is 6.78. The van der Waals surface area contributed by atoms with Crippen molar-refractivity contribution in [3.63, 3.8) is 0 Å². The molecule has 9 aromatic rings. The number of anilines is 3. The molecule has 8 aromatic carbocycles. The Balaban J connectivity index is 1.16. The maximum absolute atomic E-state index is 6.47. The SMILES string of the molecule is c1ccc(-c2ccc(N(c3ccc(-c4cccc5oc6c7ccccc7ccc6c45)cc3)c3ccc4ccccc4c3)cc2)cc1. The summed E-state index contributed by atoms with van der Waals surface area (Å²) in [5, 5.41) is 7.07. The largest absolute Gasteiger partial charge is 0.455 e. The summed E-state index contributed by atoms with van der Waals surface area (Å²) >= 11 is 0. The van der Waals surface area contributed by atoms with Crippen molar-refractivity contribution in [2.45, 2.75) is 0 Å². The van der Waals surface area contributed by atoms with Crippen molar-refractivity contribution >= 4 is 60.5 Å². The first kappa shape index (κ1) is 26.3. The Kier molecular flexibility index (Phi) is 6.17. The summed E-state index contributed by atoms with van der Waals surface area (Å²) in [6.07, 6.45) is 0. The Labute approximate surface area is 267 Å². The molecule has 0 atom stereocenters. The highest BCUT2D eigenvalue weighted by atomic mass is 16.3. The van der Waals surface area contributed by atoms with E-state index in [1.54, 1.807) is 0 Å². The summed E-state index contributed by atoms with van der Waals surface area (Å²) in [5.74, 6) is 0. The van der Waals surface area contributed by atoms with Crippen molar-refractivity contribution in [1.29, 1.82) is 0 Å². The lowest BCUT2D eigenvalue weighted by molar-refractivity contribution is 0.673. The lowest BCUT2D eigenvalue weighted by Crippen LogP contribution is -2.09. The minimum Gasteiger partial charge on any atom is -0.455 e. The maximum atomic E-state index is 6.47. The molecule has 0 radical (unpaired) electrons. The summed E-state index contributed by atoms with van der Waals surface area (Å²) < 4.78 is 6.47. The lowest BCUT2D eigenvalue weighted by atomic mass is 9.98. The molecule has 1 aromatic heterocycles. The van der Waals surface area contributed by atoms with Gasteiger partial charge < -0.3 is 9.32 Å². The summed E-state index contributed by atoms with van der Waals surface area (Å²) in [6.45, 7) is 0. The fraction of sp³-hybridized carbons (Fsp3) is 0. The van der Waals surface area contributed by atoms with Gasteiger partial charge in [0.05, 0.1) is 0 Å². The van der Waals surface area contributed by atoms with E-state index in [9.17, 15) is 0 Å². The Morgan fingerprint density at radius 1 is 0.370 bits per heavy atom. The summed E-state index contributed by atoms with van der Waals surface area (Å²) in [7, 11) is 0. The quantitative estimate of drug-likeness (QED) is 0.199. The van der Waals surface area contributed by atoms with Crippen LogP contribution in [0.3, 0.4) is 0 Å². The minimum absolute atomic E-state index is 0.907. The third kappa shape index (κ3) is 4.43. The Morgan fingerprint density at radius 2 is 0.978 bits per heavy atom. The minimum atomic E-state index is 0.907. The standard InChI is InChI=1S/C44H29NO/c1-2-9-30(10-3-1)32-17-23-36(24-18-32)45(38-27-19-31-11-4-5-13-35(31)29-38)37-25-20-34(21-26-37)39-15-8-16-42-43(39)41-28-22-33-12-6-7-14-40(33)44(41)46-42/h1-29H. The van der Waals surface area contributed by atoms with Crippen LogP contribution in [-0.4, -0.2) is 0 Å². The van der Waals surface area contributed by atoms with E-state index in [0.717, 1.165) is 50.0 Å². The van der Waals surface area contributed by atoms with Crippen LogP contribution in [-0.2, 0) is 0 Å². The van der Waals surface area contributed by atoms with Gasteiger partial charge in [0.15, 0.2) is 0 Å². The number of nitrogens with zero attached hydrogens (tertiary/aromatic N) is 1. The number of hydrogen-bond acceptors (Lipinski definition) is 2. The predicted molar refractivity (Wildman–Crippen MR) is 194 cm³/mol. The highest BCUT2D eigenvalue weighted by molar-refractivity contribution is 6.19. The smallest absolute Gasteiger partial charge is 0.143 e. The summed E-state index contributed by atoms with van der Waals surface area (Å²) in [5.41, 5.74) is 9.91. The van der Waals surface area contributed by atoms with Crippen LogP contribution in [0.4, 0.5) is 17.1 Å². The van der Waals surface area contributed by atoms with Crippen molar-refractivity contribution in [3.05, 3.63) is 176 Å². The highest BCUT2D eigenvalue weighted by Crippen LogP contribution is 2.41. The number of benzene rings is 8. The molecule has 0 N–H and O–H groups in total. The van der Waals surface area contributed by atoms with Crippen LogP contribution in [0.15, 0.2) is 180 Å². The first-order valence-electron chi connectivity index (χ1n) is 15.7. The molecule has 2 nitrogen and oxygen atoms in total. The zero-order valence-corrected chi connectivity index (χ0v) is 25.1. The van der Waals surface area contributed by atoms with Gasteiger partial charge in [0.2, 0.25) is 0 Å². The molecule has 0 unspecified atom stereocenters. The fourth-order valence-electron chi connectivity index (χ4n) is 6.78. The van der Waals surface area contributed by atoms with Crippen LogP contribution in [0.1, 0.15) is 0 Å². The van der Waals surface area contributed by atoms with Crippen LogP contribution >= 0.6 is 0 Å². The van der Waals surface area contributed by atoms with Crippen LogP contribution in [0.25, 0.3) is 65.7 Å². The van der Waals surface area contributed by atoms with Crippen LogP contribution < -0.4 is 4.90 Å². The van der Waals surface area contributed by atoms with E-state index in [-0.39, 0.29) is 0 Å². The van der Waals surface area contributed by atoms with Crippen LogP contribution in [0.5, 0.6) is 0 Å². The monoisotopic (exact) mass is 587 g/mol. The van der Waals surface area contributed by atoms with E-state index < -0.39 is 0 Å². The molecule has 1 heterocycles. The average molecular weight is 588 g/mol. The topological polar surface area (TPSA) is 16.4 Å². The zero-order chi connectivity index (χ0) is 30.5. The van der Waals surface area contributed by atoms with Gasteiger partial charge in [-0.25, -0.2) is 0 Å². The van der Waals surface area contributed by atoms with E-state index in [4.69, 9.17) is 4.42 Å². The highest BCUT2D eigenvalue weighted by Gasteiger charge is 2.17. The second kappa shape index (κ2) is 10.8. The second-order valence-electron chi connectivity index (χ2n) is 11.8. The van der Waals surface area contributed by atoms with Gasteiger partial charge in [-0.1, -0.05) is 127 Å². The zero-order valence-electron chi connectivity index (χ0n) is 25.1.